The molecule has 1 aromatic heterocycles. The van der Waals surface area contributed by atoms with Crippen molar-refractivity contribution in [3.8, 4) is 6.07 Å². The van der Waals surface area contributed by atoms with Crippen molar-refractivity contribution in [2.24, 2.45) is 5.92 Å². The number of hydrogen-bond acceptors (Lipinski definition) is 5. The monoisotopic (exact) mass is 350 g/mol. The molecule has 2 aliphatic heterocycles. The number of pyridine rings is 1. The van der Waals surface area contributed by atoms with Gasteiger partial charge in [-0.15, -0.1) is 0 Å². The zero-order valence-corrected chi connectivity index (χ0v) is 14.7. The van der Waals surface area contributed by atoms with Crippen LogP contribution in [0.25, 0.3) is 10.9 Å². The van der Waals surface area contributed by atoms with E-state index in [4.69, 9.17) is 9.72 Å². The molecule has 0 bridgehead atoms. The summed E-state index contributed by atoms with van der Waals surface area (Å²) < 4.78 is 5.33. The number of para-hydroxylation sites is 1. The lowest BCUT2D eigenvalue weighted by molar-refractivity contribution is -0.140. The molecule has 0 aliphatic carbocycles. The Morgan fingerprint density at radius 1 is 1.15 bits per heavy atom. The van der Waals surface area contributed by atoms with Gasteiger partial charge in [-0.1, -0.05) is 18.2 Å². The molecule has 6 heteroatoms. The number of nitrogens with zero attached hydrogens (tertiary/aromatic N) is 4. The van der Waals surface area contributed by atoms with Crippen molar-refractivity contribution >= 4 is 22.6 Å². The van der Waals surface area contributed by atoms with E-state index in [1.54, 1.807) is 0 Å². The molecule has 0 N–H and O–H groups in total. The van der Waals surface area contributed by atoms with Crippen molar-refractivity contribution in [1.82, 2.24) is 9.88 Å². The molecule has 6 nitrogen and oxygen atoms in total. The van der Waals surface area contributed by atoms with Crippen LogP contribution in [0.4, 0.5) is 5.82 Å². The van der Waals surface area contributed by atoms with Gasteiger partial charge in [0.2, 0.25) is 5.91 Å². The Balaban J connectivity index is 1.48. The summed E-state index contributed by atoms with van der Waals surface area (Å²) in [7, 11) is 0. The van der Waals surface area contributed by atoms with Crippen LogP contribution in [0.1, 0.15) is 18.4 Å². The van der Waals surface area contributed by atoms with Crippen LogP contribution in [0.3, 0.4) is 0 Å². The van der Waals surface area contributed by atoms with Crippen molar-refractivity contribution in [2.75, 3.05) is 44.3 Å². The minimum Gasteiger partial charge on any atom is -0.378 e. The molecule has 26 heavy (non-hydrogen) atoms. The fourth-order valence-corrected chi connectivity index (χ4v) is 3.81. The molecule has 0 atom stereocenters. The minimum atomic E-state index is 0.0651. The van der Waals surface area contributed by atoms with Crippen molar-refractivity contribution in [1.29, 1.82) is 5.26 Å². The summed E-state index contributed by atoms with van der Waals surface area (Å²) in [6.07, 6.45) is 1.60. The number of carbonyl (C=O) groups is 1. The Morgan fingerprint density at radius 2 is 1.88 bits per heavy atom. The van der Waals surface area contributed by atoms with E-state index in [9.17, 15) is 10.1 Å². The van der Waals surface area contributed by atoms with E-state index in [1.807, 2.05) is 35.2 Å². The molecule has 2 saturated heterocycles. The maximum absolute atomic E-state index is 12.7. The van der Waals surface area contributed by atoms with E-state index in [1.165, 1.54) is 0 Å². The van der Waals surface area contributed by atoms with E-state index in [0.29, 0.717) is 31.9 Å². The standard InChI is InChI=1S/C20H22N4O2/c21-14-17-13-16-3-1-2-4-18(16)22-19(17)23-7-5-15(6-8-23)20(25)24-9-11-26-12-10-24/h1-4,13,15H,5-12H2. The van der Waals surface area contributed by atoms with Gasteiger partial charge >= 0.3 is 0 Å². The summed E-state index contributed by atoms with van der Waals surface area (Å²) >= 11 is 0. The summed E-state index contributed by atoms with van der Waals surface area (Å²) in [4.78, 5) is 21.5. The normalized spacial score (nSPS) is 18.7. The number of benzene rings is 1. The fourth-order valence-electron chi connectivity index (χ4n) is 3.81. The number of carbonyl (C=O) groups excluding carboxylic acids is 1. The van der Waals surface area contributed by atoms with Crippen LogP contribution in [0.15, 0.2) is 30.3 Å². The predicted octanol–water partition coefficient (Wildman–Crippen LogP) is 2.18. The first-order chi connectivity index (χ1) is 12.8. The van der Waals surface area contributed by atoms with Crippen molar-refractivity contribution in [2.45, 2.75) is 12.8 Å². The zero-order valence-electron chi connectivity index (χ0n) is 14.7. The summed E-state index contributed by atoms with van der Waals surface area (Å²) in [5.41, 5.74) is 1.50. The van der Waals surface area contributed by atoms with Crippen LogP contribution in [-0.4, -0.2) is 55.2 Å². The van der Waals surface area contributed by atoms with Crippen LogP contribution < -0.4 is 4.90 Å². The lowest BCUT2D eigenvalue weighted by Crippen LogP contribution is -2.47. The summed E-state index contributed by atoms with van der Waals surface area (Å²) in [6, 6.07) is 12.0. The number of nitriles is 1. The fraction of sp³-hybridized carbons (Fsp3) is 0.450. The molecule has 0 unspecified atom stereocenters. The average Bonchev–Trinajstić information content (AvgIpc) is 2.73. The highest BCUT2D eigenvalue weighted by Crippen LogP contribution is 2.28. The molecule has 1 amide bonds. The molecule has 4 rings (SSSR count). The van der Waals surface area contributed by atoms with Crippen molar-refractivity contribution < 1.29 is 9.53 Å². The van der Waals surface area contributed by atoms with E-state index < -0.39 is 0 Å². The van der Waals surface area contributed by atoms with Gasteiger partial charge in [0, 0.05) is 37.5 Å². The molecule has 2 fully saturated rings. The van der Waals surface area contributed by atoms with Gasteiger partial charge in [0.05, 0.1) is 24.3 Å². The van der Waals surface area contributed by atoms with E-state index in [2.05, 4.69) is 11.0 Å². The van der Waals surface area contributed by atoms with Gasteiger partial charge in [0.1, 0.15) is 11.9 Å². The van der Waals surface area contributed by atoms with Crippen LogP contribution in [0.5, 0.6) is 0 Å². The Bertz CT molecular complexity index is 847. The van der Waals surface area contributed by atoms with Crippen molar-refractivity contribution in [3.05, 3.63) is 35.9 Å². The number of anilines is 1. The van der Waals surface area contributed by atoms with E-state index in [-0.39, 0.29) is 11.8 Å². The Kier molecular flexibility index (Phi) is 4.72. The number of rotatable bonds is 2. The second-order valence-corrected chi connectivity index (χ2v) is 6.86. The Labute approximate surface area is 153 Å². The minimum absolute atomic E-state index is 0.0651. The maximum Gasteiger partial charge on any atom is 0.225 e. The quantitative estimate of drug-likeness (QED) is 0.830. The SMILES string of the molecule is N#Cc1cc2ccccc2nc1N1CCC(C(=O)N2CCOCC2)CC1. The third-order valence-electron chi connectivity index (χ3n) is 5.29. The second kappa shape index (κ2) is 7.30. The van der Waals surface area contributed by atoms with Gasteiger partial charge in [-0.05, 0) is 25.0 Å². The first-order valence-electron chi connectivity index (χ1n) is 9.17. The Hall–Kier alpha value is -2.65. The number of fused-ring (bicyclic) bond motifs is 1. The molecule has 2 aromatic rings. The molecule has 3 heterocycles. The molecule has 1 aromatic carbocycles. The molecule has 0 saturated carbocycles. The summed E-state index contributed by atoms with van der Waals surface area (Å²) in [6.45, 7) is 4.17. The van der Waals surface area contributed by atoms with E-state index >= 15 is 0 Å². The highest BCUT2D eigenvalue weighted by atomic mass is 16.5. The van der Waals surface area contributed by atoms with Gasteiger partial charge in [-0.3, -0.25) is 4.79 Å². The number of aromatic nitrogens is 1. The van der Waals surface area contributed by atoms with E-state index in [0.717, 1.165) is 42.7 Å². The van der Waals surface area contributed by atoms with Gasteiger partial charge in [-0.25, -0.2) is 4.98 Å². The van der Waals surface area contributed by atoms with Crippen LogP contribution in [0.2, 0.25) is 0 Å². The zero-order chi connectivity index (χ0) is 17.9. The number of ether oxygens (including phenoxy) is 1. The molecule has 0 spiro atoms. The lowest BCUT2D eigenvalue weighted by atomic mass is 9.94. The van der Waals surface area contributed by atoms with Crippen molar-refractivity contribution in [3.63, 3.8) is 0 Å². The van der Waals surface area contributed by atoms with Gasteiger partial charge < -0.3 is 14.5 Å². The highest BCUT2D eigenvalue weighted by Gasteiger charge is 2.30. The number of piperidine rings is 1. The lowest BCUT2D eigenvalue weighted by Gasteiger charge is -2.36. The molecular formula is C20H22N4O2. The number of amides is 1. The van der Waals surface area contributed by atoms with Gasteiger partial charge in [0.25, 0.3) is 0 Å². The smallest absolute Gasteiger partial charge is 0.225 e. The molecular weight excluding hydrogens is 328 g/mol. The Morgan fingerprint density at radius 3 is 2.62 bits per heavy atom. The predicted molar refractivity (Wildman–Crippen MR) is 98.8 cm³/mol. The molecule has 134 valence electrons. The van der Waals surface area contributed by atoms with Gasteiger partial charge in [-0.2, -0.15) is 5.26 Å². The number of morpholine rings is 1. The summed E-state index contributed by atoms with van der Waals surface area (Å²) in [5, 5.41) is 10.5. The number of hydrogen-bond donors (Lipinski definition) is 0. The summed E-state index contributed by atoms with van der Waals surface area (Å²) in [5.74, 6) is 1.05. The largest absolute Gasteiger partial charge is 0.378 e. The molecule has 0 radical (unpaired) electrons. The third-order valence-corrected chi connectivity index (χ3v) is 5.29. The van der Waals surface area contributed by atoms with Crippen LogP contribution in [0, 0.1) is 17.2 Å². The first kappa shape index (κ1) is 16.8. The van der Waals surface area contributed by atoms with Gasteiger partial charge in [0.15, 0.2) is 0 Å². The molecule has 2 aliphatic rings. The maximum atomic E-state index is 12.7. The average molecular weight is 350 g/mol. The second-order valence-electron chi connectivity index (χ2n) is 6.86. The first-order valence-corrected chi connectivity index (χ1v) is 9.17. The van der Waals surface area contributed by atoms with Crippen LogP contribution in [-0.2, 0) is 9.53 Å². The highest BCUT2D eigenvalue weighted by molar-refractivity contribution is 5.83. The third kappa shape index (κ3) is 3.23. The van der Waals surface area contributed by atoms with Crippen LogP contribution >= 0.6 is 0 Å². The topological polar surface area (TPSA) is 69.5 Å².